The highest BCUT2D eigenvalue weighted by Crippen LogP contribution is 2.33. The van der Waals surface area contributed by atoms with Gasteiger partial charge >= 0.3 is 0 Å². The third-order valence-electron chi connectivity index (χ3n) is 5.67. The van der Waals surface area contributed by atoms with Crippen LogP contribution in [0.15, 0.2) is 79.4 Å². The normalized spacial score (nSPS) is 11.4. The summed E-state index contributed by atoms with van der Waals surface area (Å²) < 4.78 is 19.9. The highest BCUT2D eigenvalue weighted by molar-refractivity contribution is 5.74. The van der Waals surface area contributed by atoms with Crippen molar-refractivity contribution in [3.05, 3.63) is 107 Å². The maximum Gasteiger partial charge on any atom is 0.132 e. The minimum Gasteiger partial charge on any atom is -0.496 e. The Balaban J connectivity index is 1.85. The molecule has 0 saturated heterocycles. The van der Waals surface area contributed by atoms with Crippen molar-refractivity contribution < 1.29 is 9.13 Å². The molecule has 168 valence electrons. The molecule has 3 aromatic rings. The number of nitrogens with zero attached hydrogens (tertiary/aromatic N) is 1. The van der Waals surface area contributed by atoms with Crippen LogP contribution in [0.2, 0.25) is 0 Å². The summed E-state index contributed by atoms with van der Waals surface area (Å²) in [7, 11) is 1.64. The van der Waals surface area contributed by atoms with E-state index in [1.54, 1.807) is 13.2 Å². The second kappa shape index (κ2) is 10.6. The lowest BCUT2D eigenvalue weighted by Gasteiger charge is -2.22. The lowest BCUT2D eigenvalue weighted by Crippen LogP contribution is -2.31. The smallest absolute Gasteiger partial charge is 0.132 e. The minimum absolute atomic E-state index is 0.351. The molecule has 1 unspecified atom stereocenters. The number of methoxy groups -OCH3 is 1. The molecule has 4 nitrogen and oxygen atoms in total. The van der Waals surface area contributed by atoms with Crippen molar-refractivity contribution in [3.63, 3.8) is 0 Å². The van der Waals surface area contributed by atoms with E-state index in [9.17, 15) is 9.65 Å². The van der Waals surface area contributed by atoms with Gasteiger partial charge in [0.05, 0.1) is 19.2 Å². The van der Waals surface area contributed by atoms with Gasteiger partial charge < -0.3 is 15.8 Å². The molecule has 0 fully saturated rings. The van der Waals surface area contributed by atoms with E-state index in [0.717, 1.165) is 33.6 Å². The van der Waals surface area contributed by atoms with Crippen LogP contribution in [-0.2, 0) is 13.0 Å². The first-order chi connectivity index (χ1) is 15.9. The number of nitriles is 1. The van der Waals surface area contributed by atoms with Crippen LogP contribution in [0.4, 0.5) is 4.39 Å². The Morgan fingerprint density at radius 2 is 1.82 bits per heavy atom. The van der Waals surface area contributed by atoms with Gasteiger partial charge in [-0.15, -0.1) is 0 Å². The van der Waals surface area contributed by atoms with E-state index in [-0.39, 0.29) is 5.82 Å². The summed E-state index contributed by atoms with van der Waals surface area (Å²) in [4.78, 5) is 0. The highest BCUT2D eigenvalue weighted by Gasteiger charge is 2.18. The maximum atomic E-state index is 14.4. The average Bonchev–Trinajstić information content (AvgIpc) is 2.83. The molecule has 0 aliphatic heterocycles. The van der Waals surface area contributed by atoms with E-state index in [0.29, 0.717) is 29.8 Å². The van der Waals surface area contributed by atoms with Gasteiger partial charge in [0.15, 0.2) is 0 Å². The van der Waals surface area contributed by atoms with Crippen molar-refractivity contribution >= 4 is 5.70 Å². The first-order valence-electron chi connectivity index (χ1n) is 10.6. The van der Waals surface area contributed by atoms with E-state index >= 15 is 0 Å². The topological polar surface area (TPSA) is 71.1 Å². The number of hydrogen-bond acceptors (Lipinski definition) is 4. The first kappa shape index (κ1) is 23.8. The van der Waals surface area contributed by atoms with E-state index in [4.69, 9.17) is 10.5 Å². The summed E-state index contributed by atoms with van der Waals surface area (Å²) in [6, 6.07) is 20.4. The molecule has 0 radical (unpaired) electrons. The molecule has 33 heavy (non-hydrogen) atoms. The molecule has 0 aliphatic carbocycles. The average molecular weight is 442 g/mol. The fourth-order valence-corrected chi connectivity index (χ4v) is 3.92. The lowest BCUT2D eigenvalue weighted by atomic mass is 9.94. The van der Waals surface area contributed by atoms with Crippen LogP contribution in [0.5, 0.6) is 5.75 Å². The van der Waals surface area contributed by atoms with Gasteiger partial charge in [-0.05, 0) is 47.7 Å². The Hall–Kier alpha value is -3.88. The third kappa shape index (κ3) is 5.31. The number of rotatable bonds is 9. The highest BCUT2D eigenvalue weighted by atomic mass is 19.1. The van der Waals surface area contributed by atoms with Gasteiger partial charge in [0, 0.05) is 28.9 Å². The summed E-state index contributed by atoms with van der Waals surface area (Å²) in [6.45, 7) is 10.1. The number of nitrogens with one attached hydrogen (secondary N) is 1. The number of hydrogen-bond donors (Lipinski definition) is 2. The summed E-state index contributed by atoms with van der Waals surface area (Å²) in [5, 5.41) is 12.7. The number of aryl methyl sites for hydroxylation is 1. The van der Waals surface area contributed by atoms with Crippen molar-refractivity contribution in [2.75, 3.05) is 7.11 Å². The van der Waals surface area contributed by atoms with Gasteiger partial charge in [-0.2, -0.15) is 5.26 Å². The number of nitrogens with two attached hydrogens (primary N) is 1. The molecular formula is C28H28FN3O. The summed E-state index contributed by atoms with van der Waals surface area (Å²) in [6.07, 6.45) is 0.495. The Kier molecular flexibility index (Phi) is 7.66. The van der Waals surface area contributed by atoms with Gasteiger partial charge in [0.2, 0.25) is 0 Å². The Bertz CT molecular complexity index is 1170. The van der Waals surface area contributed by atoms with E-state index in [1.165, 1.54) is 6.07 Å². The third-order valence-corrected chi connectivity index (χ3v) is 5.67. The monoisotopic (exact) mass is 441 g/mol. The molecule has 3 rings (SSSR count). The predicted octanol–water partition coefficient (Wildman–Crippen LogP) is 5.52. The fraction of sp³-hybridized carbons (Fsp3) is 0.179. The number of benzene rings is 3. The largest absolute Gasteiger partial charge is 0.496 e. The molecule has 3 N–H and O–H groups in total. The zero-order chi connectivity index (χ0) is 24.0. The van der Waals surface area contributed by atoms with Crippen molar-refractivity contribution in [2.24, 2.45) is 5.73 Å². The molecule has 0 saturated carbocycles. The van der Waals surface area contributed by atoms with Crippen LogP contribution in [0.25, 0.3) is 16.8 Å². The summed E-state index contributed by atoms with van der Waals surface area (Å²) >= 11 is 0. The van der Waals surface area contributed by atoms with Crippen LogP contribution in [-0.4, -0.2) is 13.2 Å². The standard InChI is InChI=1S/C28H28FN3O/c1-18-7-5-9-24(29)27(18)20(3)32-25(19(2)16-30)15-21-11-13-22(14-12-21)28-23(17-31)8-6-10-26(28)33-4/h5-14,25,32H,2-3,15,17,31H2,1,4H3. The van der Waals surface area contributed by atoms with Crippen LogP contribution in [0.1, 0.15) is 22.3 Å². The maximum absolute atomic E-state index is 14.4. The molecule has 5 heteroatoms. The first-order valence-corrected chi connectivity index (χ1v) is 10.6. The molecule has 0 heterocycles. The van der Waals surface area contributed by atoms with Crippen molar-refractivity contribution in [1.29, 1.82) is 5.26 Å². The van der Waals surface area contributed by atoms with Gasteiger partial charge in [0.25, 0.3) is 0 Å². The van der Waals surface area contributed by atoms with Crippen molar-refractivity contribution in [1.82, 2.24) is 5.32 Å². The van der Waals surface area contributed by atoms with E-state index < -0.39 is 6.04 Å². The van der Waals surface area contributed by atoms with Gasteiger partial charge in [-0.25, -0.2) is 4.39 Å². The molecular weight excluding hydrogens is 413 g/mol. The molecule has 0 spiro atoms. The van der Waals surface area contributed by atoms with Gasteiger partial charge in [-0.3, -0.25) is 0 Å². The molecule has 0 bridgehead atoms. The Morgan fingerprint density at radius 3 is 2.42 bits per heavy atom. The van der Waals surface area contributed by atoms with Crippen LogP contribution >= 0.6 is 0 Å². The molecule has 0 aromatic heterocycles. The van der Waals surface area contributed by atoms with Crippen molar-refractivity contribution in [2.45, 2.75) is 25.9 Å². The Morgan fingerprint density at radius 1 is 1.12 bits per heavy atom. The van der Waals surface area contributed by atoms with Crippen LogP contribution in [0, 0.1) is 24.1 Å². The van der Waals surface area contributed by atoms with E-state index in [2.05, 4.69) is 24.5 Å². The second-order valence-electron chi connectivity index (χ2n) is 7.84. The zero-order valence-electron chi connectivity index (χ0n) is 19.0. The van der Waals surface area contributed by atoms with Crippen LogP contribution in [0.3, 0.4) is 0 Å². The van der Waals surface area contributed by atoms with Gasteiger partial charge in [-0.1, -0.05) is 61.7 Å². The summed E-state index contributed by atoms with van der Waals surface area (Å²) in [5.41, 5.74) is 11.8. The quantitative estimate of drug-likeness (QED) is 0.429. The molecule has 1 atom stereocenters. The lowest BCUT2D eigenvalue weighted by molar-refractivity contribution is 0.416. The second-order valence-corrected chi connectivity index (χ2v) is 7.84. The SMILES string of the molecule is C=C(NC(Cc1ccc(-c2c(CN)cccc2OC)cc1)C(=C)C#N)c1c(C)cccc1F. The summed E-state index contributed by atoms with van der Waals surface area (Å²) in [5.74, 6) is 0.408. The number of halogens is 1. The molecule has 0 amide bonds. The minimum atomic E-state index is -0.418. The predicted molar refractivity (Wildman–Crippen MR) is 132 cm³/mol. The van der Waals surface area contributed by atoms with E-state index in [1.807, 2.05) is 55.5 Å². The van der Waals surface area contributed by atoms with Crippen LogP contribution < -0.4 is 15.8 Å². The Labute approximate surface area is 194 Å². The molecule has 0 aliphatic rings. The van der Waals surface area contributed by atoms with Gasteiger partial charge in [0.1, 0.15) is 11.6 Å². The number of ether oxygens (including phenoxy) is 1. The zero-order valence-corrected chi connectivity index (χ0v) is 19.0. The fourth-order valence-electron chi connectivity index (χ4n) is 3.92. The molecule has 3 aromatic carbocycles. The van der Waals surface area contributed by atoms with Crippen molar-refractivity contribution in [3.8, 4) is 22.9 Å².